The molecule has 0 aliphatic rings. The molecule has 15 nitrogen and oxygen atoms in total. The van der Waals surface area contributed by atoms with Gasteiger partial charge < -0.3 is 39.1 Å². The van der Waals surface area contributed by atoms with Gasteiger partial charge in [-0.15, -0.1) is 0 Å². The predicted molar refractivity (Wildman–Crippen MR) is 235 cm³/mol. The molecule has 0 spiro atoms. The molecule has 0 bridgehead atoms. The molecular weight excluding hydrogens is 823 g/mol. The summed E-state index contributed by atoms with van der Waals surface area (Å²) in [6, 6.07) is 30.9. The number of aldehydes is 1. The van der Waals surface area contributed by atoms with Crippen LogP contribution < -0.4 is 16.0 Å². The summed E-state index contributed by atoms with van der Waals surface area (Å²) >= 11 is 0. The lowest BCUT2D eigenvalue weighted by Crippen LogP contribution is -2.56. The van der Waals surface area contributed by atoms with Gasteiger partial charge in [0, 0.05) is 19.3 Å². The van der Waals surface area contributed by atoms with Gasteiger partial charge in [-0.05, 0) is 62.3 Å². The first-order chi connectivity index (χ1) is 30.8. The number of amides is 2. The van der Waals surface area contributed by atoms with Crippen molar-refractivity contribution in [2.45, 2.75) is 115 Å². The molecule has 0 radical (unpaired) electrons. The van der Waals surface area contributed by atoms with Gasteiger partial charge in [-0.2, -0.15) is 0 Å². The average molecular weight is 880 g/mol. The molecule has 0 heterocycles. The van der Waals surface area contributed by atoms with Crippen LogP contribution in [0.25, 0.3) is 0 Å². The normalized spacial score (nSPS) is 12.9. The standard InChI is InChI=1S/C49H57N3O12/c1-49(2,3)64-48(59)52-39(42(30-53)50-40(46(57)62-33-37-20-12-6-13-21-37)25-28-44(55)60-31-35-16-8-4-9-17-35)24-27-43(54)51-41(47(58)63-34-38-22-14-7-15-23-38)26-29-45(56)61-32-36-18-10-5-11-19-36/h4-23,30,39-42,50H,24-29,31-34H2,1-3H3,(H,51,54)(H,52,59). The fourth-order valence-corrected chi connectivity index (χ4v) is 6.16. The molecule has 4 unspecified atom stereocenters. The Balaban J connectivity index is 1.47. The second-order valence-corrected chi connectivity index (χ2v) is 15.8. The molecule has 4 aromatic carbocycles. The number of carbonyl (C=O) groups excluding carboxylic acids is 7. The van der Waals surface area contributed by atoms with Crippen LogP contribution in [0.2, 0.25) is 0 Å². The Morgan fingerprint density at radius 3 is 1.31 bits per heavy atom. The van der Waals surface area contributed by atoms with E-state index >= 15 is 0 Å². The summed E-state index contributed by atoms with van der Waals surface area (Å²) in [5, 5.41) is 8.20. The summed E-state index contributed by atoms with van der Waals surface area (Å²) in [5.41, 5.74) is 2.02. The number of carbonyl (C=O) groups is 7. The van der Waals surface area contributed by atoms with E-state index in [2.05, 4.69) is 16.0 Å². The Bertz CT molecular complexity index is 2080. The number of hydrogen-bond donors (Lipinski definition) is 3. The van der Waals surface area contributed by atoms with Crippen molar-refractivity contribution in [1.29, 1.82) is 0 Å². The van der Waals surface area contributed by atoms with Crippen LogP contribution in [0, 0.1) is 0 Å². The number of esters is 4. The van der Waals surface area contributed by atoms with Crippen LogP contribution in [0.15, 0.2) is 121 Å². The summed E-state index contributed by atoms with van der Waals surface area (Å²) in [6.45, 7) is 4.80. The van der Waals surface area contributed by atoms with Crippen molar-refractivity contribution < 1.29 is 57.2 Å². The van der Waals surface area contributed by atoms with Crippen molar-refractivity contribution >= 4 is 42.2 Å². The molecule has 4 atom stereocenters. The first-order valence-electron chi connectivity index (χ1n) is 21.1. The highest BCUT2D eigenvalue weighted by Crippen LogP contribution is 2.14. The van der Waals surface area contributed by atoms with Gasteiger partial charge in [-0.1, -0.05) is 121 Å². The highest BCUT2D eigenvalue weighted by molar-refractivity contribution is 5.85. The maximum absolute atomic E-state index is 13.6. The molecule has 64 heavy (non-hydrogen) atoms. The maximum Gasteiger partial charge on any atom is 0.407 e. The van der Waals surface area contributed by atoms with Gasteiger partial charge in [0.25, 0.3) is 0 Å². The highest BCUT2D eigenvalue weighted by atomic mass is 16.6. The predicted octanol–water partition coefficient (Wildman–Crippen LogP) is 6.20. The van der Waals surface area contributed by atoms with Gasteiger partial charge in [0.15, 0.2) is 0 Å². The van der Waals surface area contributed by atoms with Crippen molar-refractivity contribution in [3.05, 3.63) is 144 Å². The molecule has 0 saturated heterocycles. The molecule has 340 valence electrons. The maximum atomic E-state index is 13.6. The molecule has 0 aliphatic carbocycles. The lowest BCUT2D eigenvalue weighted by Gasteiger charge is -2.29. The largest absolute Gasteiger partial charge is 0.461 e. The Morgan fingerprint density at radius 1 is 0.516 bits per heavy atom. The van der Waals surface area contributed by atoms with Crippen molar-refractivity contribution in [2.24, 2.45) is 0 Å². The third kappa shape index (κ3) is 19.5. The van der Waals surface area contributed by atoms with E-state index in [1.807, 2.05) is 48.5 Å². The highest BCUT2D eigenvalue weighted by Gasteiger charge is 2.32. The summed E-state index contributed by atoms with van der Waals surface area (Å²) in [7, 11) is 0. The van der Waals surface area contributed by atoms with E-state index in [1.165, 1.54) is 0 Å². The Morgan fingerprint density at radius 2 is 0.906 bits per heavy atom. The molecule has 3 N–H and O–H groups in total. The molecule has 0 fully saturated rings. The minimum atomic E-state index is -1.32. The molecular formula is C49H57N3O12. The van der Waals surface area contributed by atoms with Crippen LogP contribution in [-0.4, -0.2) is 71.9 Å². The number of rotatable bonds is 25. The molecule has 0 aromatic heterocycles. The van der Waals surface area contributed by atoms with Gasteiger partial charge in [0.05, 0.1) is 12.1 Å². The van der Waals surface area contributed by atoms with E-state index in [9.17, 15) is 33.6 Å². The Labute approximate surface area is 373 Å². The zero-order chi connectivity index (χ0) is 46.2. The number of hydrogen-bond acceptors (Lipinski definition) is 13. The van der Waals surface area contributed by atoms with Gasteiger partial charge in [0.2, 0.25) is 5.91 Å². The molecule has 4 aromatic rings. The smallest absolute Gasteiger partial charge is 0.407 e. The first-order valence-corrected chi connectivity index (χ1v) is 21.1. The van der Waals surface area contributed by atoms with Crippen LogP contribution in [0.5, 0.6) is 0 Å². The zero-order valence-corrected chi connectivity index (χ0v) is 36.4. The van der Waals surface area contributed by atoms with Crippen LogP contribution in [0.1, 0.15) is 81.5 Å². The monoisotopic (exact) mass is 879 g/mol. The van der Waals surface area contributed by atoms with Crippen molar-refractivity contribution in [3.63, 3.8) is 0 Å². The zero-order valence-electron chi connectivity index (χ0n) is 36.4. The summed E-state index contributed by atoms with van der Waals surface area (Å²) in [4.78, 5) is 92.1. The van der Waals surface area contributed by atoms with E-state index in [0.29, 0.717) is 17.4 Å². The van der Waals surface area contributed by atoms with Crippen LogP contribution >= 0.6 is 0 Å². The molecule has 4 rings (SSSR count). The van der Waals surface area contributed by atoms with Crippen LogP contribution in [0.3, 0.4) is 0 Å². The minimum Gasteiger partial charge on any atom is -0.461 e. The fraction of sp³-hybridized carbons (Fsp3) is 0.367. The van der Waals surface area contributed by atoms with E-state index in [0.717, 1.165) is 11.1 Å². The molecule has 0 aliphatic heterocycles. The van der Waals surface area contributed by atoms with Crippen LogP contribution in [0.4, 0.5) is 4.79 Å². The Kier molecular flexibility index (Phi) is 20.7. The number of alkyl carbamates (subject to hydrolysis) is 1. The quantitative estimate of drug-likeness (QED) is 0.0386. The second-order valence-electron chi connectivity index (χ2n) is 15.8. The summed E-state index contributed by atoms with van der Waals surface area (Å²) < 4.78 is 27.4. The third-order valence-corrected chi connectivity index (χ3v) is 9.47. The topological polar surface area (TPSA) is 202 Å². The van der Waals surface area contributed by atoms with Gasteiger partial charge in [-0.3, -0.25) is 24.5 Å². The molecule has 2 amide bonds. The number of nitrogens with one attached hydrogen (secondary N) is 3. The minimum absolute atomic E-state index is 0.0150. The molecule has 0 saturated carbocycles. The van der Waals surface area contributed by atoms with Gasteiger partial charge in [-0.25, -0.2) is 9.59 Å². The van der Waals surface area contributed by atoms with Crippen molar-refractivity contribution in [1.82, 2.24) is 16.0 Å². The van der Waals surface area contributed by atoms with Crippen molar-refractivity contribution in [3.8, 4) is 0 Å². The Hall–Kier alpha value is -6.87. The number of ether oxygens (including phenoxy) is 5. The molecule has 15 heteroatoms. The summed E-state index contributed by atoms with van der Waals surface area (Å²) in [6.07, 6.45) is -1.73. The van der Waals surface area contributed by atoms with E-state index < -0.39 is 65.6 Å². The van der Waals surface area contributed by atoms with Crippen LogP contribution in [-0.2, 0) is 78.9 Å². The van der Waals surface area contributed by atoms with Crippen molar-refractivity contribution in [2.75, 3.05) is 0 Å². The lowest BCUT2D eigenvalue weighted by molar-refractivity contribution is -0.151. The van der Waals surface area contributed by atoms with Gasteiger partial charge in [0.1, 0.15) is 50.4 Å². The second kappa shape index (κ2) is 26.6. The SMILES string of the molecule is CC(C)(C)OC(=O)NC(CCC(=O)NC(CCC(=O)OCc1ccccc1)C(=O)OCc1ccccc1)C(C=O)NC(CCC(=O)OCc1ccccc1)C(=O)OCc1ccccc1. The fourth-order valence-electron chi connectivity index (χ4n) is 6.16. The lowest BCUT2D eigenvalue weighted by atomic mass is 10.0. The van der Waals surface area contributed by atoms with E-state index in [1.54, 1.807) is 93.6 Å². The third-order valence-electron chi connectivity index (χ3n) is 9.47. The number of benzene rings is 4. The van der Waals surface area contributed by atoms with E-state index in [4.69, 9.17) is 23.7 Å². The average Bonchev–Trinajstić information content (AvgIpc) is 3.29. The summed E-state index contributed by atoms with van der Waals surface area (Å²) in [5.74, 6) is -3.43. The first kappa shape index (κ1) is 49.8. The van der Waals surface area contributed by atoms with Gasteiger partial charge >= 0.3 is 30.0 Å². The van der Waals surface area contributed by atoms with E-state index in [-0.39, 0.29) is 65.0 Å².